The molecule has 27 heavy (non-hydrogen) atoms. The molecule has 146 valence electrons. The molecule has 0 fully saturated rings. The van der Waals surface area contributed by atoms with Crippen LogP contribution in [-0.2, 0) is 27.7 Å². The highest BCUT2D eigenvalue weighted by molar-refractivity contribution is 7.92. The monoisotopic (exact) mass is 388 g/mol. The molecule has 1 N–H and O–H groups in total. The highest BCUT2D eigenvalue weighted by Gasteiger charge is 2.23. The average molecular weight is 389 g/mol. The highest BCUT2D eigenvalue weighted by atomic mass is 32.2. The first-order valence-electron chi connectivity index (χ1n) is 9.20. The van der Waals surface area contributed by atoms with E-state index in [0.29, 0.717) is 12.1 Å². The van der Waals surface area contributed by atoms with Gasteiger partial charge in [0.1, 0.15) is 6.54 Å². The maximum absolute atomic E-state index is 12.5. The van der Waals surface area contributed by atoms with Crippen molar-refractivity contribution < 1.29 is 13.2 Å². The summed E-state index contributed by atoms with van der Waals surface area (Å²) in [5.74, 6) is -0.299. The number of rotatable bonds is 9. The molecule has 0 aromatic heterocycles. The topological polar surface area (TPSA) is 66.5 Å². The van der Waals surface area contributed by atoms with Crippen molar-refractivity contribution in [3.63, 3.8) is 0 Å². The van der Waals surface area contributed by atoms with Gasteiger partial charge in [0, 0.05) is 6.04 Å². The molecule has 2 aromatic rings. The fourth-order valence-electron chi connectivity index (χ4n) is 2.99. The van der Waals surface area contributed by atoms with Gasteiger partial charge in [0.25, 0.3) is 0 Å². The van der Waals surface area contributed by atoms with E-state index in [-0.39, 0.29) is 18.5 Å². The second kappa shape index (κ2) is 9.55. The Morgan fingerprint density at radius 2 is 1.70 bits per heavy atom. The summed E-state index contributed by atoms with van der Waals surface area (Å²) in [7, 11) is -3.56. The molecule has 0 saturated heterocycles. The standard InChI is InChI=1S/C21H28N2O3S/c1-4-19-12-8-9-13-20(19)23(27(3,25)26)16-21(24)22-17(2)14-15-18-10-6-5-7-11-18/h5-13,17H,4,14-16H2,1-3H3,(H,22,24)/t17-/m1/s1. The van der Waals surface area contributed by atoms with Gasteiger partial charge in [0.15, 0.2) is 0 Å². The van der Waals surface area contributed by atoms with E-state index in [2.05, 4.69) is 17.4 Å². The van der Waals surface area contributed by atoms with Crippen LogP contribution in [0.1, 0.15) is 31.4 Å². The molecule has 0 bridgehead atoms. The van der Waals surface area contributed by atoms with Crippen molar-refractivity contribution in [2.24, 2.45) is 0 Å². The zero-order valence-corrected chi connectivity index (χ0v) is 17.0. The Morgan fingerprint density at radius 3 is 2.33 bits per heavy atom. The molecular formula is C21H28N2O3S. The van der Waals surface area contributed by atoms with Gasteiger partial charge in [-0.2, -0.15) is 0 Å². The highest BCUT2D eigenvalue weighted by Crippen LogP contribution is 2.23. The van der Waals surface area contributed by atoms with E-state index in [4.69, 9.17) is 0 Å². The molecule has 2 aromatic carbocycles. The Labute approximate surface area is 162 Å². The lowest BCUT2D eigenvalue weighted by atomic mass is 10.1. The Bertz CT molecular complexity index is 851. The molecule has 6 heteroatoms. The van der Waals surface area contributed by atoms with Crippen LogP contribution in [0.3, 0.4) is 0 Å². The molecule has 0 heterocycles. The quantitative estimate of drug-likeness (QED) is 0.718. The molecule has 0 saturated carbocycles. The predicted octanol–water partition coefficient (Wildman–Crippen LogP) is 3.15. The van der Waals surface area contributed by atoms with Crippen LogP contribution in [0.2, 0.25) is 0 Å². The Hall–Kier alpha value is -2.34. The molecule has 0 aliphatic heterocycles. The number of carbonyl (C=O) groups is 1. The van der Waals surface area contributed by atoms with Crippen molar-refractivity contribution in [2.45, 2.75) is 39.2 Å². The van der Waals surface area contributed by atoms with Crippen LogP contribution in [0.4, 0.5) is 5.69 Å². The van der Waals surface area contributed by atoms with Gasteiger partial charge >= 0.3 is 0 Å². The maximum Gasteiger partial charge on any atom is 0.240 e. The minimum Gasteiger partial charge on any atom is -0.352 e. The fraction of sp³-hybridized carbons (Fsp3) is 0.381. The summed E-state index contributed by atoms with van der Waals surface area (Å²) in [6.07, 6.45) is 3.47. The Morgan fingerprint density at radius 1 is 1.07 bits per heavy atom. The van der Waals surface area contributed by atoms with Crippen molar-refractivity contribution in [1.29, 1.82) is 0 Å². The van der Waals surface area contributed by atoms with Crippen LogP contribution in [0.5, 0.6) is 0 Å². The van der Waals surface area contributed by atoms with Crippen LogP contribution in [0.25, 0.3) is 0 Å². The van der Waals surface area contributed by atoms with Crippen LogP contribution in [0, 0.1) is 0 Å². The van der Waals surface area contributed by atoms with Crippen molar-refractivity contribution in [3.8, 4) is 0 Å². The van der Waals surface area contributed by atoms with Gasteiger partial charge in [-0.3, -0.25) is 9.10 Å². The number of para-hydroxylation sites is 1. The third kappa shape index (κ3) is 6.40. The lowest BCUT2D eigenvalue weighted by molar-refractivity contribution is -0.120. The number of anilines is 1. The molecular weight excluding hydrogens is 360 g/mol. The predicted molar refractivity (Wildman–Crippen MR) is 110 cm³/mol. The van der Waals surface area contributed by atoms with Crippen molar-refractivity contribution in [1.82, 2.24) is 5.32 Å². The largest absolute Gasteiger partial charge is 0.352 e. The van der Waals surface area contributed by atoms with Gasteiger partial charge in [-0.05, 0) is 43.4 Å². The fourth-order valence-corrected chi connectivity index (χ4v) is 3.87. The number of nitrogens with zero attached hydrogens (tertiary/aromatic N) is 1. The third-order valence-electron chi connectivity index (χ3n) is 4.44. The van der Waals surface area contributed by atoms with Gasteiger partial charge in [0.2, 0.25) is 15.9 Å². The van der Waals surface area contributed by atoms with Gasteiger partial charge in [-0.1, -0.05) is 55.5 Å². The zero-order chi connectivity index (χ0) is 19.9. The Kier molecular flexibility index (Phi) is 7.42. The molecule has 1 atom stereocenters. The summed E-state index contributed by atoms with van der Waals surface area (Å²) in [6, 6.07) is 17.3. The smallest absolute Gasteiger partial charge is 0.240 e. The number of hydrogen-bond donors (Lipinski definition) is 1. The van der Waals surface area contributed by atoms with Gasteiger partial charge < -0.3 is 5.32 Å². The van der Waals surface area contributed by atoms with E-state index in [1.807, 2.05) is 44.2 Å². The van der Waals surface area contributed by atoms with Crippen molar-refractivity contribution in [3.05, 3.63) is 65.7 Å². The zero-order valence-electron chi connectivity index (χ0n) is 16.2. The second-order valence-electron chi connectivity index (χ2n) is 6.74. The van der Waals surface area contributed by atoms with Crippen LogP contribution < -0.4 is 9.62 Å². The SMILES string of the molecule is CCc1ccccc1N(CC(=O)N[C@H](C)CCc1ccccc1)S(C)(=O)=O. The summed E-state index contributed by atoms with van der Waals surface area (Å²) in [5, 5.41) is 2.91. The molecule has 0 aliphatic rings. The first-order valence-corrected chi connectivity index (χ1v) is 11.0. The number of aryl methyl sites for hydroxylation is 2. The molecule has 0 spiro atoms. The summed E-state index contributed by atoms with van der Waals surface area (Å²) in [4.78, 5) is 12.5. The number of hydrogen-bond acceptors (Lipinski definition) is 3. The van der Waals surface area contributed by atoms with E-state index in [0.717, 1.165) is 24.7 Å². The number of nitrogens with one attached hydrogen (secondary N) is 1. The summed E-state index contributed by atoms with van der Waals surface area (Å²) in [5.41, 5.74) is 2.68. The van der Waals surface area contributed by atoms with E-state index >= 15 is 0 Å². The average Bonchev–Trinajstić information content (AvgIpc) is 2.64. The summed E-state index contributed by atoms with van der Waals surface area (Å²) in [6.45, 7) is 3.68. The van der Waals surface area contributed by atoms with Crippen molar-refractivity contribution >= 4 is 21.6 Å². The van der Waals surface area contributed by atoms with Crippen molar-refractivity contribution in [2.75, 3.05) is 17.1 Å². The first kappa shape index (κ1) is 21.0. The second-order valence-corrected chi connectivity index (χ2v) is 8.65. The van der Waals surface area contributed by atoms with E-state index in [1.54, 1.807) is 12.1 Å². The van der Waals surface area contributed by atoms with E-state index in [9.17, 15) is 13.2 Å². The van der Waals surface area contributed by atoms with Gasteiger partial charge in [-0.25, -0.2) is 8.42 Å². The van der Waals surface area contributed by atoms with E-state index < -0.39 is 10.0 Å². The maximum atomic E-state index is 12.5. The van der Waals surface area contributed by atoms with Gasteiger partial charge in [-0.15, -0.1) is 0 Å². The lowest BCUT2D eigenvalue weighted by Crippen LogP contribution is -2.43. The first-order chi connectivity index (χ1) is 12.8. The normalized spacial score (nSPS) is 12.4. The van der Waals surface area contributed by atoms with Gasteiger partial charge in [0.05, 0.1) is 11.9 Å². The van der Waals surface area contributed by atoms with E-state index in [1.165, 1.54) is 9.87 Å². The summed E-state index contributed by atoms with van der Waals surface area (Å²) >= 11 is 0. The number of amides is 1. The van der Waals surface area contributed by atoms with Crippen LogP contribution >= 0.6 is 0 Å². The molecule has 2 rings (SSSR count). The molecule has 5 nitrogen and oxygen atoms in total. The third-order valence-corrected chi connectivity index (χ3v) is 5.57. The minimum absolute atomic E-state index is 0.0412. The lowest BCUT2D eigenvalue weighted by Gasteiger charge is -2.25. The number of benzene rings is 2. The number of carbonyl (C=O) groups excluding carboxylic acids is 1. The number of sulfonamides is 1. The summed E-state index contributed by atoms with van der Waals surface area (Å²) < 4.78 is 25.7. The molecule has 0 radical (unpaired) electrons. The molecule has 1 amide bonds. The molecule has 0 unspecified atom stereocenters. The minimum atomic E-state index is -3.56. The van der Waals surface area contributed by atoms with Crippen LogP contribution in [-0.4, -0.2) is 33.2 Å². The Balaban J connectivity index is 2.01. The van der Waals surface area contributed by atoms with Crippen LogP contribution in [0.15, 0.2) is 54.6 Å². The molecule has 0 aliphatic carbocycles.